The first-order valence-electron chi connectivity index (χ1n) is 5.51. The second-order valence-corrected chi connectivity index (χ2v) is 4.15. The van der Waals surface area contributed by atoms with Gasteiger partial charge in [-0.3, -0.25) is 0 Å². The minimum absolute atomic E-state index is 0.0218. The molecule has 7 nitrogen and oxygen atoms in total. The van der Waals surface area contributed by atoms with Crippen LogP contribution in [0.15, 0.2) is 0 Å². The van der Waals surface area contributed by atoms with E-state index in [2.05, 4.69) is 10.6 Å². The van der Waals surface area contributed by atoms with Crippen LogP contribution < -0.4 is 10.6 Å². The van der Waals surface area contributed by atoms with E-state index in [0.29, 0.717) is 26.1 Å². The van der Waals surface area contributed by atoms with Gasteiger partial charge in [-0.2, -0.15) is 0 Å². The summed E-state index contributed by atoms with van der Waals surface area (Å²) in [7, 11) is 3.41. The molecule has 17 heavy (non-hydrogen) atoms. The summed E-state index contributed by atoms with van der Waals surface area (Å²) in [5, 5.41) is 14.6. The van der Waals surface area contributed by atoms with Crippen molar-refractivity contribution in [3.8, 4) is 0 Å². The Balaban J connectivity index is 2.56. The van der Waals surface area contributed by atoms with Crippen molar-refractivity contribution in [1.82, 2.24) is 15.5 Å². The molecule has 1 aliphatic heterocycles. The van der Waals surface area contributed by atoms with E-state index in [-0.39, 0.29) is 6.61 Å². The Kier molecular flexibility index (Phi) is 4.71. The zero-order valence-electron chi connectivity index (χ0n) is 10.2. The number of nitrogens with zero attached hydrogens (tertiary/aromatic N) is 1. The lowest BCUT2D eigenvalue weighted by Gasteiger charge is -2.27. The Labute approximate surface area is 100 Å². The molecule has 0 aromatic carbocycles. The number of nitrogens with one attached hydrogen (secondary N) is 2. The van der Waals surface area contributed by atoms with Gasteiger partial charge in [-0.25, -0.2) is 9.59 Å². The summed E-state index contributed by atoms with van der Waals surface area (Å²) < 4.78 is 5.06. The second kappa shape index (κ2) is 5.83. The Bertz CT molecular complexity index is 289. The van der Waals surface area contributed by atoms with Crippen molar-refractivity contribution in [3.63, 3.8) is 0 Å². The molecule has 0 aromatic heterocycles. The van der Waals surface area contributed by atoms with Gasteiger partial charge in [0, 0.05) is 33.2 Å². The number of carbonyl (C=O) groups excluding carboxylic acids is 1. The maximum Gasteiger partial charge on any atom is 0.332 e. The van der Waals surface area contributed by atoms with Gasteiger partial charge in [-0.1, -0.05) is 0 Å². The molecule has 1 saturated heterocycles. The fraction of sp³-hybridized carbons (Fsp3) is 0.800. The van der Waals surface area contributed by atoms with Gasteiger partial charge in [-0.15, -0.1) is 0 Å². The summed E-state index contributed by atoms with van der Waals surface area (Å²) >= 11 is 0. The van der Waals surface area contributed by atoms with Crippen LogP contribution in [0, 0.1) is 0 Å². The largest absolute Gasteiger partial charge is 0.479 e. The summed E-state index contributed by atoms with van der Waals surface area (Å²) in [4.78, 5) is 24.4. The number of hydrogen-bond acceptors (Lipinski definition) is 4. The Hall–Kier alpha value is -1.34. The number of aliphatic carboxylic acids is 1. The fourth-order valence-corrected chi connectivity index (χ4v) is 1.57. The Morgan fingerprint density at radius 1 is 1.53 bits per heavy atom. The maximum absolute atomic E-state index is 11.8. The monoisotopic (exact) mass is 245 g/mol. The SMILES string of the molecule is CNCCN(C)C(=O)NC1(C(=O)O)CCOC1. The Morgan fingerprint density at radius 2 is 2.24 bits per heavy atom. The molecule has 1 atom stereocenters. The average Bonchev–Trinajstić information content (AvgIpc) is 2.75. The summed E-state index contributed by atoms with van der Waals surface area (Å²) in [6.45, 7) is 1.54. The summed E-state index contributed by atoms with van der Waals surface area (Å²) in [5.74, 6) is -1.05. The predicted molar refractivity (Wildman–Crippen MR) is 60.9 cm³/mol. The lowest BCUT2D eigenvalue weighted by atomic mass is 9.99. The van der Waals surface area contributed by atoms with Crippen molar-refractivity contribution in [2.75, 3.05) is 40.4 Å². The van der Waals surface area contributed by atoms with Gasteiger partial charge in [0.2, 0.25) is 0 Å². The first-order chi connectivity index (χ1) is 8.02. The Morgan fingerprint density at radius 3 is 2.71 bits per heavy atom. The number of hydrogen-bond donors (Lipinski definition) is 3. The molecular weight excluding hydrogens is 226 g/mol. The molecule has 98 valence electrons. The van der Waals surface area contributed by atoms with Crippen LogP contribution in [0.5, 0.6) is 0 Å². The molecule has 1 heterocycles. The summed E-state index contributed by atoms with van der Waals surface area (Å²) in [6.07, 6.45) is 0.300. The van der Waals surface area contributed by atoms with Gasteiger partial charge >= 0.3 is 12.0 Å². The van der Waals surface area contributed by atoms with Gasteiger partial charge in [0.25, 0.3) is 0 Å². The molecule has 1 unspecified atom stereocenters. The number of urea groups is 1. The zero-order valence-corrected chi connectivity index (χ0v) is 10.2. The molecule has 0 radical (unpaired) electrons. The summed E-state index contributed by atoms with van der Waals surface area (Å²) in [5.41, 5.74) is -1.27. The standard InChI is InChI=1S/C10H19N3O4/c1-11-4-5-13(2)9(16)12-10(8(14)15)3-6-17-7-10/h11H,3-7H2,1-2H3,(H,12,16)(H,14,15). The molecule has 1 aliphatic rings. The van der Waals surface area contributed by atoms with E-state index >= 15 is 0 Å². The topological polar surface area (TPSA) is 90.9 Å². The molecule has 2 amide bonds. The van der Waals surface area contributed by atoms with E-state index in [0.717, 1.165) is 0 Å². The van der Waals surface area contributed by atoms with E-state index < -0.39 is 17.5 Å². The third kappa shape index (κ3) is 3.31. The smallest absolute Gasteiger partial charge is 0.332 e. The van der Waals surface area contributed by atoms with Crippen LogP contribution in [0.3, 0.4) is 0 Å². The van der Waals surface area contributed by atoms with E-state index in [1.54, 1.807) is 14.1 Å². The van der Waals surface area contributed by atoms with E-state index in [9.17, 15) is 9.59 Å². The third-order valence-corrected chi connectivity index (χ3v) is 2.82. The van der Waals surface area contributed by atoms with Crippen molar-refractivity contribution >= 4 is 12.0 Å². The number of rotatable bonds is 5. The lowest BCUT2D eigenvalue weighted by molar-refractivity contribution is -0.144. The summed E-state index contributed by atoms with van der Waals surface area (Å²) in [6, 6.07) is -0.395. The van der Waals surface area contributed by atoms with Crippen LogP contribution in [-0.4, -0.2) is 67.9 Å². The van der Waals surface area contributed by atoms with Crippen LogP contribution in [-0.2, 0) is 9.53 Å². The molecule has 3 N–H and O–H groups in total. The highest BCUT2D eigenvalue weighted by atomic mass is 16.5. The molecule has 0 aromatic rings. The van der Waals surface area contributed by atoms with Crippen molar-refractivity contribution in [2.24, 2.45) is 0 Å². The number of carboxylic acid groups (broad SMARTS) is 1. The first kappa shape index (κ1) is 13.7. The van der Waals surface area contributed by atoms with Crippen LogP contribution in [0.2, 0.25) is 0 Å². The quantitative estimate of drug-likeness (QED) is 0.583. The predicted octanol–water partition coefficient (Wildman–Crippen LogP) is -0.909. The number of amides is 2. The maximum atomic E-state index is 11.8. The normalized spacial score (nSPS) is 23.4. The third-order valence-electron chi connectivity index (χ3n) is 2.82. The number of ether oxygens (including phenoxy) is 1. The van der Waals surface area contributed by atoms with E-state index in [1.165, 1.54) is 4.90 Å². The van der Waals surface area contributed by atoms with Crippen LogP contribution in [0.25, 0.3) is 0 Å². The molecule has 0 saturated carbocycles. The molecule has 0 bridgehead atoms. The highest BCUT2D eigenvalue weighted by Gasteiger charge is 2.44. The minimum Gasteiger partial charge on any atom is -0.479 e. The van der Waals surface area contributed by atoms with Crippen molar-refractivity contribution in [3.05, 3.63) is 0 Å². The first-order valence-corrected chi connectivity index (χ1v) is 5.51. The number of carbonyl (C=O) groups is 2. The highest BCUT2D eigenvalue weighted by molar-refractivity contribution is 5.86. The molecule has 0 aliphatic carbocycles. The molecular formula is C10H19N3O4. The lowest BCUT2D eigenvalue weighted by Crippen LogP contribution is -2.58. The van der Waals surface area contributed by atoms with Crippen molar-refractivity contribution in [1.29, 1.82) is 0 Å². The number of carboxylic acids is 1. The average molecular weight is 245 g/mol. The molecule has 1 fully saturated rings. The van der Waals surface area contributed by atoms with Crippen LogP contribution in [0.1, 0.15) is 6.42 Å². The van der Waals surface area contributed by atoms with Crippen LogP contribution in [0.4, 0.5) is 4.79 Å². The minimum atomic E-state index is -1.27. The fourth-order valence-electron chi connectivity index (χ4n) is 1.57. The van der Waals surface area contributed by atoms with Gasteiger partial charge in [0.1, 0.15) is 0 Å². The highest BCUT2D eigenvalue weighted by Crippen LogP contribution is 2.19. The van der Waals surface area contributed by atoms with Gasteiger partial charge in [0.15, 0.2) is 5.54 Å². The molecule has 1 rings (SSSR count). The second-order valence-electron chi connectivity index (χ2n) is 4.15. The van der Waals surface area contributed by atoms with E-state index in [4.69, 9.17) is 9.84 Å². The number of likely N-dealkylation sites (N-methyl/N-ethyl adjacent to an activating group) is 2. The van der Waals surface area contributed by atoms with Crippen molar-refractivity contribution in [2.45, 2.75) is 12.0 Å². The van der Waals surface area contributed by atoms with Gasteiger partial charge < -0.3 is 25.4 Å². The zero-order chi connectivity index (χ0) is 12.9. The molecule has 0 spiro atoms. The van der Waals surface area contributed by atoms with Crippen LogP contribution >= 0.6 is 0 Å². The van der Waals surface area contributed by atoms with Crippen molar-refractivity contribution < 1.29 is 19.4 Å². The molecule has 7 heteroatoms. The van der Waals surface area contributed by atoms with Gasteiger partial charge in [0.05, 0.1) is 6.61 Å². The van der Waals surface area contributed by atoms with E-state index in [1.807, 2.05) is 0 Å². The van der Waals surface area contributed by atoms with Gasteiger partial charge in [-0.05, 0) is 7.05 Å².